The summed E-state index contributed by atoms with van der Waals surface area (Å²) in [4.78, 5) is 24.2. The lowest BCUT2D eigenvalue weighted by Gasteiger charge is -2.18. The van der Waals surface area contributed by atoms with Crippen molar-refractivity contribution in [1.82, 2.24) is 4.57 Å². The minimum absolute atomic E-state index is 0.0227. The van der Waals surface area contributed by atoms with Crippen LogP contribution in [0.3, 0.4) is 0 Å². The van der Waals surface area contributed by atoms with Crippen LogP contribution in [0, 0.1) is 0 Å². The van der Waals surface area contributed by atoms with Crippen molar-refractivity contribution >= 4 is 33.1 Å². The first-order valence-electron chi connectivity index (χ1n) is 8.53. The van der Waals surface area contributed by atoms with Crippen molar-refractivity contribution in [2.45, 2.75) is 32.8 Å². The number of nitrogens with one attached hydrogen (secondary N) is 1. The highest BCUT2D eigenvalue weighted by Gasteiger charge is 2.18. The van der Waals surface area contributed by atoms with Gasteiger partial charge in [0.2, 0.25) is 0 Å². The van der Waals surface area contributed by atoms with E-state index >= 15 is 0 Å². The van der Waals surface area contributed by atoms with Crippen LogP contribution in [-0.4, -0.2) is 16.6 Å². The fourth-order valence-corrected chi connectivity index (χ4v) is 3.68. The van der Waals surface area contributed by atoms with Gasteiger partial charge in [-0.15, -0.1) is 0 Å². The number of hydrogen-bond acceptors (Lipinski definition) is 4. The first kappa shape index (κ1) is 18.2. The first-order chi connectivity index (χ1) is 12.4. The molecule has 0 aliphatic heterocycles. The number of benzene rings is 2. The maximum atomic E-state index is 12.5. The van der Waals surface area contributed by atoms with E-state index in [4.69, 9.17) is 4.74 Å². The molecule has 6 heteroatoms. The SMILES string of the molecule is CC(Oc1ccccc1C(C)C)C(=O)Nc1ccc2c(c1)sc(=O)n2C. The molecule has 1 aromatic heterocycles. The van der Waals surface area contributed by atoms with Crippen molar-refractivity contribution in [2.24, 2.45) is 7.05 Å². The molecular formula is C20H22N2O3S. The van der Waals surface area contributed by atoms with Crippen molar-refractivity contribution in [2.75, 3.05) is 5.32 Å². The maximum absolute atomic E-state index is 12.5. The zero-order chi connectivity index (χ0) is 18.8. The second kappa shape index (κ2) is 7.33. The van der Waals surface area contributed by atoms with Crippen LogP contribution in [0.4, 0.5) is 5.69 Å². The Morgan fingerprint density at radius 1 is 1.15 bits per heavy atom. The first-order valence-corrected chi connectivity index (χ1v) is 9.34. The van der Waals surface area contributed by atoms with Crippen LogP contribution in [0.1, 0.15) is 32.3 Å². The third kappa shape index (κ3) is 3.65. The number of hydrogen-bond donors (Lipinski definition) is 1. The lowest BCUT2D eigenvalue weighted by molar-refractivity contribution is -0.122. The summed E-state index contributed by atoms with van der Waals surface area (Å²) in [6.07, 6.45) is -0.639. The van der Waals surface area contributed by atoms with Gasteiger partial charge in [0.25, 0.3) is 5.91 Å². The van der Waals surface area contributed by atoms with Gasteiger partial charge in [0.1, 0.15) is 5.75 Å². The van der Waals surface area contributed by atoms with Crippen LogP contribution < -0.4 is 14.9 Å². The number of ether oxygens (including phenoxy) is 1. The number of carbonyl (C=O) groups excluding carboxylic acids is 1. The van der Waals surface area contributed by atoms with Gasteiger partial charge in [-0.3, -0.25) is 9.59 Å². The molecule has 1 unspecified atom stereocenters. The van der Waals surface area contributed by atoms with E-state index in [1.165, 1.54) is 0 Å². The minimum Gasteiger partial charge on any atom is -0.481 e. The Morgan fingerprint density at radius 3 is 2.62 bits per heavy atom. The Bertz CT molecular complexity index is 1000. The van der Waals surface area contributed by atoms with Gasteiger partial charge in [-0.1, -0.05) is 43.4 Å². The molecule has 26 heavy (non-hydrogen) atoms. The number of para-hydroxylation sites is 1. The second-order valence-electron chi connectivity index (χ2n) is 6.55. The fourth-order valence-electron chi connectivity index (χ4n) is 2.76. The van der Waals surface area contributed by atoms with Crippen LogP contribution >= 0.6 is 11.3 Å². The zero-order valence-corrected chi connectivity index (χ0v) is 16.1. The summed E-state index contributed by atoms with van der Waals surface area (Å²) in [6.45, 7) is 5.91. The predicted molar refractivity (Wildman–Crippen MR) is 106 cm³/mol. The average molecular weight is 370 g/mol. The van der Waals surface area contributed by atoms with Gasteiger partial charge in [-0.05, 0) is 42.7 Å². The van der Waals surface area contributed by atoms with Crippen LogP contribution in [0.15, 0.2) is 47.3 Å². The lowest BCUT2D eigenvalue weighted by Crippen LogP contribution is -2.30. The largest absolute Gasteiger partial charge is 0.481 e. The molecule has 0 spiro atoms. The van der Waals surface area contributed by atoms with Crippen molar-refractivity contribution in [3.63, 3.8) is 0 Å². The van der Waals surface area contributed by atoms with E-state index < -0.39 is 6.10 Å². The summed E-state index contributed by atoms with van der Waals surface area (Å²) in [5, 5.41) is 2.86. The minimum atomic E-state index is -0.639. The van der Waals surface area contributed by atoms with Crippen LogP contribution in [-0.2, 0) is 11.8 Å². The van der Waals surface area contributed by atoms with E-state index in [0.717, 1.165) is 32.9 Å². The molecule has 1 amide bonds. The number of fused-ring (bicyclic) bond motifs is 1. The van der Waals surface area contributed by atoms with Crippen LogP contribution in [0.5, 0.6) is 5.75 Å². The summed E-state index contributed by atoms with van der Waals surface area (Å²) >= 11 is 1.16. The smallest absolute Gasteiger partial charge is 0.307 e. The Labute approximate surface area is 156 Å². The monoisotopic (exact) mass is 370 g/mol. The van der Waals surface area contributed by atoms with E-state index in [-0.39, 0.29) is 10.8 Å². The van der Waals surface area contributed by atoms with Crippen molar-refractivity contribution in [3.8, 4) is 5.75 Å². The summed E-state index contributed by atoms with van der Waals surface area (Å²) < 4.78 is 8.33. The fraction of sp³-hybridized carbons (Fsp3) is 0.300. The molecule has 1 atom stereocenters. The lowest BCUT2D eigenvalue weighted by atomic mass is 10.0. The number of carbonyl (C=O) groups is 1. The van der Waals surface area contributed by atoms with Crippen LogP contribution in [0.2, 0.25) is 0 Å². The molecule has 2 aromatic carbocycles. The number of rotatable bonds is 5. The molecule has 136 valence electrons. The molecule has 3 rings (SSSR count). The number of aryl methyl sites for hydroxylation is 1. The topological polar surface area (TPSA) is 60.3 Å². The van der Waals surface area contributed by atoms with Gasteiger partial charge < -0.3 is 14.6 Å². The van der Waals surface area contributed by atoms with E-state index in [9.17, 15) is 9.59 Å². The standard InChI is InChI=1S/C20H22N2O3S/c1-12(2)15-7-5-6-8-17(15)25-13(3)19(23)21-14-9-10-16-18(11-14)26-20(24)22(16)4/h5-13H,1-4H3,(H,21,23). The Balaban J connectivity index is 1.74. The highest BCUT2D eigenvalue weighted by Crippen LogP contribution is 2.27. The number of aromatic nitrogens is 1. The van der Waals surface area contributed by atoms with Gasteiger partial charge in [0, 0.05) is 12.7 Å². The maximum Gasteiger partial charge on any atom is 0.307 e. The molecule has 0 radical (unpaired) electrons. The molecule has 1 heterocycles. The molecule has 0 saturated carbocycles. The Morgan fingerprint density at radius 2 is 1.88 bits per heavy atom. The second-order valence-corrected chi connectivity index (χ2v) is 7.54. The molecule has 0 aliphatic rings. The van der Waals surface area contributed by atoms with Gasteiger partial charge >= 0.3 is 4.87 Å². The van der Waals surface area contributed by atoms with Gasteiger partial charge in [-0.2, -0.15) is 0 Å². The summed E-state index contributed by atoms with van der Waals surface area (Å²) in [5.41, 5.74) is 2.58. The molecule has 5 nitrogen and oxygen atoms in total. The molecular weight excluding hydrogens is 348 g/mol. The Hall–Kier alpha value is -2.60. The summed E-state index contributed by atoms with van der Waals surface area (Å²) in [7, 11) is 1.74. The molecule has 0 aliphatic carbocycles. The molecule has 0 bridgehead atoms. The normalized spacial score (nSPS) is 12.3. The van der Waals surface area contributed by atoms with E-state index in [2.05, 4.69) is 19.2 Å². The third-order valence-corrected chi connectivity index (χ3v) is 5.27. The van der Waals surface area contributed by atoms with E-state index in [1.807, 2.05) is 36.4 Å². The summed E-state index contributed by atoms with van der Waals surface area (Å²) in [6, 6.07) is 13.2. The van der Waals surface area contributed by atoms with E-state index in [0.29, 0.717) is 11.6 Å². The van der Waals surface area contributed by atoms with Gasteiger partial charge in [-0.25, -0.2) is 0 Å². The highest BCUT2D eigenvalue weighted by atomic mass is 32.1. The average Bonchev–Trinajstić information content (AvgIpc) is 2.89. The molecule has 3 aromatic rings. The van der Waals surface area contributed by atoms with Crippen LogP contribution in [0.25, 0.3) is 10.2 Å². The number of nitrogens with zero attached hydrogens (tertiary/aromatic N) is 1. The highest BCUT2D eigenvalue weighted by molar-refractivity contribution is 7.16. The van der Waals surface area contributed by atoms with E-state index in [1.54, 1.807) is 24.6 Å². The molecule has 1 N–H and O–H groups in total. The number of thiazole rings is 1. The third-order valence-electron chi connectivity index (χ3n) is 4.27. The number of amides is 1. The van der Waals surface area contributed by atoms with Crippen molar-refractivity contribution in [1.29, 1.82) is 0 Å². The zero-order valence-electron chi connectivity index (χ0n) is 15.3. The Kier molecular flexibility index (Phi) is 5.13. The number of anilines is 1. The summed E-state index contributed by atoms with van der Waals surface area (Å²) in [5.74, 6) is 0.804. The predicted octanol–water partition coefficient (Wildman–Crippen LogP) is 4.13. The quantitative estimate of drug-likeness (QED) is 0.735. The molecule has 0 fully saturated rings. The van der Waals surface area contributed by atoms with Gasteiger partial charge in [0.05, 0.1) is 10.2 Å². The van der Waals surface area contributed by atoms with Gasteiger partial charge in [0.15, 0.2) is 6.10 Å². The van der Waals surface area contributed by atoms with Crippen molar-refractivity contribution in [3.05, 3.63) is 57.7 Å². The van der Waals surface area contributed by atoms with Crippen molar-refractivity contribution < 1.29 is 9.53 Å². The molecule has 0 saturated heterocycles.